The molecular formula is C16H26ClN3O4S. The van der Waals surface area contributed by atoms with Crippen LogP contribution in [0, 0.1) is 0 Å². The van der Waals surface area contributed by atoms with Crippen LogP contribution in [0.3, 0.4) is 0 Å². The van der Waals surface area contributed by atoms with Crippen molar-refractivity contribution < 1.29 is 17.9 Å². The van der Waals surface area contributed by atoms with Crippen molar-refractivity contribution in [2.45, 2.75) is 31.0 Å². The van der Waals surface area contributed by atoms with Crippen LogP contribution in [0.25, 0.3) is 0 Å². The Hall–Kier alpha value is -1.19. The third-order valence-electron chi connectivity index (χ3n) is 3.78. The first kappa shape index (κ1) is 21.9. The molecular weight excluding hydrogens is 366 g/mol. The Labute approximate surface area is 155 Å². The number of benzene rings is 1. The Morgan fingerprint density at radius 3 is 2.48 bits per heavy atom. The van der Waals surface area contributed by atoms with E-state index >= 15 is 0 Å². The maximum Gasteiger partial charge on any atom is 0.251 e. The van der Waals surface area contributed by atoms with Crippen LogP contribution in [0.15, 0.2) is 29.2 Å². The van der Waals surface area contributed by atoms with E-state index < -0.39 is 10.0 Å². The molecule has 0 spiro atoms. The molecule has 1 fully saturated rings. The number of halogens is 1. The monoisotopic (exact) mass is 391 g/mol. The van der Waals surface area contributed by atoms with Gasteiger partial charge in [0.05, 0.1) is 17.1 Å². The van der Waals surface area contributed by atoms with Crippen molar-refractivity contribution in [1.29, 1.82) is 0 Å². The quantitative estimate of drug-likeness (QED) is 0.702. The van der Waals surface area contributed by atoms with E-state index in [1.54, 1.807) is 19.2 Å². The summed E-state index contributed by atoms with van der Waals surface area (Å²) in [7, 11) is -1.85. The van der Waals surface area contributed by atoms with Crippen LogP contribution >= 0.6 is 12.4 Å². The fourth-order valence-electron chi connectivity index (χ4n) is 2.68. The topological polar surface area (TPSA) is 87.7 Å². The van der Waals surface area contributed by atoms with Gasteiger partial charge in [-0.3, -0.25) is 4.79 Å². The number of morpholine rings is 1. The van der Waals surface area contributed by atoms with Gasteiger partial charge >= 0.3 is 0 Å². The van der Waals surface area contributed by atoms with Gasteiger partial charge in [-0.2, -0.15) is 4.31 Å². The molecule has 2 atom stereocenters. The van der Waals surface area contributed by atoms with Gasteiger partial charge in [-0.05, 0) is 39.1 Å². The maximum absolute atomic E-state index is 12.8. The Bertz CT molecular complexity index is 674. The molecule has 1 heterocycles. The number of nitrogens with one attached hydrogen (secondary N) is 2. The summed E-state index contributed by atoms with van der Waals surface area (Å²) in [6.45, 7) is 5.45. The number of amides is 1. The molecule has 1 aromatic carbocycles. The maximum atomic E-state index is 12.8. The highest BCUT2D eigenvalue weighted by Crippen LogP contribution is 2.21. The molecule has 0 radical (unpaired) electrons. The van der Waals surface area contributed by atoms with Gasteiger partial charge in [-0.1, -0.05) is 6.07 Å². The zero-order valence-electron chi connectivity index (χ0n) is 14.7. The van der Waals surface area contributed by atoms with E-state index in [0.717, 1.165) is 0 Å². The highest BCUT2D eigenvalue weighted by atomic mass is 35.5. The summed E-state index contributed by atoms with van der Waals surface area (Å²) in [5.41, 5.74) is 0.335. The first-order valence-corrected chi connectivity index (χ1v) is 9.47. The van der Waals surface area contributed by atoms with E-state index in [1.165, 1.54) is 16.4 Å². The van der Waals surface area contributed by atoms with Crippen molar-refractivity contribution >= 4 is 28.3 Å². The van der Waals surface area contributed by atoms with Gasteiger partial charge in [0, 0.05) is 31.7 Å². The first-order valence-electron chi connectivity index (χ1n) is 8.03. The minimum absolute atomic E-state index is 0. The lowest BCUT2D eigenvalue weighted by Gasteiger charge is -2.34. The van der Waals surface area contributed by atoms with E-state index in [-0.39, 0.29) is 35.4 Å². The van der Waals surface area contributed by atoms with Crippen LogP contribution in [-0.4, -0.2) is 64.1 Å². The second-order valence-corrected chi connectivity index (χ2v) is 7.90. The second kappa shape index (κ2) is 9.49. The lowest BCUT2D eigenvalue weighted by Crippen LogP contribution is -2.48. The molecule has 1 aliphatic heterocycles. The average Bonchev–Trinajstić information content (AvgIpc) is 2.54. The molecule has 2 unspecified atom stereocenters. The van der Waals surface area contributed by atoms with Crippen molar-refractivity contribution in [2.24, 2.45) is 0 Å². The Kier molecular flexibility index (Phi) is 8.30. The molecule has 1 aliphatic rings. The van der Waals surface area contributed by atoms with Gasteiger partial charge in [-0.15, -0.1) is 12.4 Å². The molecule has 0 bridgehead atoms. The standard InChI is InChI=1S/C16H25N3O4S.ClH/c1-12-10-19(11-13(2)23-12)24(21,22)15-6-4-5-14(9-15)16(20)18-8-7-17-3;/h4-6,9,12-13,17H,7-8,10-11H2,1-3H3,(H,18,20);1H. The van der Waals surface area contributed by atoms with Crippen molar-refractivity contribution in [3.05, 3.63) is 29.8 Å². The van der Waals surface area contributed by atoms with E-state index in [0.29, 0.717) is 31.7 Å². The third-order valence-corrected chi connectivity index (χ3v) is 5.61. The largest absolute Gasteiger partial charge is 0.373 e. The van der Waals surface area contributed by atoms with Crippen LogP contribution in [-0.2, 0) is 14.8 Å². The SMILES string of the molecule is CNCCNC(=O)c1cccc(S(=O)(=O)N2CC(C)OC(C)C2)c1.Cl. The molecule has 0 aliphatic carbocycles. The molecule has 25 heavy (non-hydrogen) atoms. The van der Waals surface area contributed by atoms with E-state index in [2.05, 4.69) is 10.6 Å². The van der Waals surface area contributed by atoms with Crippen molar-refractivity contribution in [2.75, 3.05) is 33.2 Å². The van der Waals surface area contributed by atoms with Gasteiger partial charge < -0.3 is 15.4 Å². The van der Waals surface area contributed by atoms with Crippen LogP contribution in [0.4, 0.5) is 0 Å². The van der Waals surface area contributed by atoms with Crippen LogP contribution < -0.4 is 10.6 Å². The minimum Gasteiger partial charge on any atom is -0.373 e. The highest BCUT2D eigenvalue weighted by Gasteiger charge is 2.32. The van der Waals surface area contributed by atoms with Crippen LogP contribution in [0.1, 0.15) is 24.2 Å². The van der Waals surface area contributed by atoms with Gasteiger partial charge in [0.2, 0.25) is 10.0 Å². The summed E-state index contributed by atoms with van der Waals surface area (Å²) in [6, 6.07) is 6.14. The minimum atomic E-state index is -3.65. The van der Waals surface area contributed by atoms with Crippen LogP contribution in [0.5, 0.6) is 0 Å². The van der Waals surface area contributed by atoms with Gasteiger partial charge in [-0.25, -0.2) is 8.42 Å². The predicted molar refractivity (Wildman–Crippen MR) is 98.7 cm³/mol. The Balaban J connectivity index is 0.00000312. The molecule has 7 nitrogen and oxygen atoms in total. The van der Waals surface area contributed by atoms with Gasteiger partial charge in [0.25, 0.3) is 5.91 Å². The summed E-state index contributed by atoms with van der Waals surface area (Å²) < 4.78 is 32.7. The first-order chi connectivity index (χ1) is 11.3. The van der Waals surface area contributed by atoms with Crippen molar-refractivity contribution in [3.63, 3.8) is 0 Å². The number of nitrogens with zero attached hydrogens (tertiary/aromatic N) is 1. The van der Waals surface area contributed by atoms with E-state index in [9.17, 15) is 13.2 Å². The molecule has 1 amide bonds. The zero-order valence-corrected chi connectivity index (χ0v) is 16.3. The molecule has 0 saturated carbocycles. The highest BCUT2D eigenvalue weighted by molar-refractivity contribution is 7.89. The summed E-state index contributed by atoms with van der Waals surface area (Å²) in [6.07, 6.45) is -0.312. The number of carbonyl (C=O) groups excluding carboxylic acids is 1. The summed E-state index contributed by atoms with van der Waals surface area (Å²) >= 11 is 0. The molecule has 9 heteroatoms. The normalized spacial score (nSPS) is 21.4. The van der Waals surface area contributed by atoms with Crippen molar-refractivity contribution in [1.82, 2.24) is 14.9 Å². The third kappa shape index (κ3) is 5.65. The van der Waals surface area contributed by atoms with E-state index in [1.807, 2.05) is 13.8 Å². The fraction of sp³-hybridized carbons (Fsp3) is 0.562. The van der Waals surface area contributed by atoms with Crippen LogP contribution in [0.2, 0.25) is 0 Å². The Morgan fingerprint density at radius 1 is 1.24 bits per heavy atom. The number of likely N-dealkylation sites (N-methyl/N-ethyl adjacent to an activating group) is 1. The smallest absolute Gasteiger partial charge is 0.251 e. The number of hydrogen-bond donors (Lipinski definition) is 2. The van der Waals surface area contributed by atoms with Crippen molar-refractivity contribution in [3.8, 4) is 0 Å². The zero-order chi connectivity index (χ0) is 17.7. The molecule has 142 valence electrons. The lowest BCUT2D eigenvalue weighted by atomic mass is 10.2. The lowest BCUT2D eigenvalue weighted by molar-refractivity contribution is -0.0440. The summed E-state index contributed by atoms with van der Waals surface area (Å²) in [5.74, 6) is -0.286. The molecule has 2 N–H and O–H groups in total. The van der Waals surface area contributed by atoms with Gasteiger partial charge in [0.1, 0.15) is 0 Å². The summed E-state index contributed by atoms with van der Waals surface area (Å²) in [5, 5.41) is 5.67. The predicted octanol–water partition coefficient (Wildman–Crippen LogP) is 0.856. The second-order valence-electron chi connectivity index (χ2n) is 5.97. The number of sulfonamides is 1. The number of ether oxygens (including phenoxy) is 1. The molecule has 1 aromatic rings. The van der Waals surface area contributed by atoms with E-state index in [4.69, 9.17) is 4.74 Å². The summed E-state index contributed by atoms with van der Waals surface area (Å²) in [4.78, 5) is 12.2. The number of carbonyl (C=O) groups is 1. The Morgan fingerprint density at radius 2 is 1.88 bits per heavy atom. The molecule has 0 aromatic heterocycles. The van der Waals surface area contributed by atoms with Gasteiger partial charge in [0.15, 0.2) is 0 Å². The average molecular weight is 392 g/mol. The number of rotatable bonds is 6. The molecule has 1 saturated heterocycles. The molecule has 2 rings (SSSR count). The fourth-order valence-corrected chi connectivity index (χ4v) is 4.31. The number of hydrogen-bond acceptors (Lipinski definition) is 5.